The number of benzene rings is 1. The summed E-state index contributed by atoms with van der Waals surface area (Å²) in [5, 5.41) is 10.3. The highest BCUT2D eigenvalue weighted by molar-refractivity contribution is 5.80. The van der Waals surface area contributed by atoms with Crippen molar-refractivity contribution in [2.75, 3.05) is 6.61 Å². The van der Waals surface area contributed by atoms with Crippen LogP contribution in [0, 0.1) is 20.8 Å². The molecule has 2 rings (SSSR count). The fourth-order valence-electron chi connectivity index (χ4n) is 4.30. The SMILES string of the molecule is CCCCCCCCCCCCOC(=O)[C@@]1(C)CCc2c(C)c(O)c(C)c(C)c2O1. The van der Waals surface area contributed by atoms with Gasteiger partial charge in [-0.15, -0.1) is 0 Å². The van der Waals surface area contributed by atoms with Gasteiger partial charge in [0, 0.05) is 12.0 Å². The highest BCUT2D eigenvalue weighted by atomic mass is 16.6. The molecule has 0 amide bonds. The van der Waals surface area contributed by atoms with E-state index in [4.69, 9.17) is 9.47 Å². The van der Waals surface area contributed by atoms with E-state index in [1.165, 1.54) is 51.4 Å². The Balaban J connectivity index is 1.73. The molecule has 1 aliphatic heterocycles. The standard InChI is InChI=1S/C26H42O4/c1-6-7-8-9-10-11-12-13-14-15-18-29-25(28)26(5)17-16-22-21(4)23(27)19(2)20(3)24(22)30-26/h27H,6-18H2,1-5H3/t26-/m1/s1. The molecule has 0 saturated carbocycles. The van der Waals surface area contributed by atoms with E-state index >= 15 is 0 Å². The van der Waals surface area contributed by atoms with Crippen LogP contribution >= 0.6 is 0 Å². The third kappa shape index (κ3) is 6.15. The number of rotatable bonds is 12. The number of carbonyl (C=O) groups is 1. The number of ether oxygens (including phenoxy) is 2. The van der Waals surface area contributed by atoms with Crippen molar-refractivity contribution in [3.8, 4) is 11.5 Å². The van der Waals surface area contributed by atoms with Crippen LogP contribution in [0.3, 0.4) is 0 Å². The summed E-state index contributed by atoms with van der Waals surface area (Å²) in [4.78, 5) is 12.7. The van der Waals surface area contributed by atoms with E-state index in [0.717, 1.165) is 40.8 Å². The molecule has 1 aromatic rings. The van der Waals surface area contributed by atoms with Gasteiger partial charge in [-0.25, -0.2) is 4.79 Å². The maximum Gasteiger partial charge on any atom is 0.350 e. The molecular formula is C26H42O4. The Bertz CT molecular complexity index is 710. The van der Waals surface area contributed by atoms with Crippen LogP contribution in [0.1, 0.15) is 107 Å². The third-order valence-corrected chi connectivity index (χ3v) is 6.68. The summed E-state index contributed by atoms with van der Waals surface area (Å²) in [6.07, 6.45) is 13.9. The second-order valence-electron chi connectivity index (χ2n) is 9.18. The van der Waals surface area contributed by atoms with Gasteiger partial charge < -0.3 is 14.6 Å². The highest BCUT2D eigenvalue weighted by Crippen LogP contribution is 2.43. The normalized spacial score (nSPS) is 18.0. The summed E-state index contributed by atoms with van der Waals surface area (Å²) in [7, 11) is 0. The first kappa shape index (κ1) is 24.6. The van der Waals surface area contributed by atoms with Gasteiger partial charge in [0.1, 0.15) is 11.5 Å². The lowest BCUT2D eigenvalue weighted by molar-refractivity contribution is -0.162. The van der Waals surface area contributed by atoms with Crippen molar-refractivity contribution in [2.45, 2.75) is 117 Å². The van der Waals surface area contributed by atoms with E-state index in [1.54, 1.807) is 0 Å². The zero-order valence-electron chi connectivity index (χ0n) is 19.9. The molecule has 1 aliphatic rings. The minimum Gasteiger partial charge on any atom is -0.507 e. The van der Waals surface area contributed by atoms with Gasteiger partial charge in [0.25, 0.3) is 0 Å². The van der Waals surface area contributed by atoms with Crippen LogP contribution in [0.2, 0.25) is 0 Å². The molecule has 1 aromatic carbocycles. The Labute approximate surface area is 183 Å². The predicted molar refractivity (Wildman–Crippen MR) is 122 cm³/mol. The fourth-order valence-corrected chi connectivity index (χ4v) is 4.30. The number of hydrogen-bond donors (Lipinski definition) is 1. The van der Waals surface area contributed by atoms with Crippen molar-refractivity contribution in [2.24, 2.45) is 0 Å². The molecule has 0 bridgehead atoms. The number of fused-ring (bicyclic) bond motifs is 1. The van der Waals surface area contributed by atoms with E-state index in [0.29, 0.717) is 25.2 Å². The van der Waals surface area contributed by atoms with E-state index in [9.17, 15) is 9.90 Å². The minimum absolute atomic E-state index is 0.271. The van der Waals surface area contributed by atoms with Gasteiger partial charge in [-0.05, 0) is 57.2 Å². The van der Waals surface area contributed by atoms with Gasteiger partial charge in [0.05, 0.1) is 6.61 Å². The van der Waals surface area contributed by atoms with Crippen molar-refractivity contribution < 1.29 is 19.4 Å². The minimum atomic E-state index is -0.952. The van der Waals surface area contributed by atoms with E-state index < -0.39 is 5.60 Å². The lowest BCUT2D eigenvalue weighted by atomic mass is 9.87. The number of esters is 1. The van der Waals surface area contributed by atoms with E-state index in [2.05, 4.69) is 6.92 Å². The molecule has 0 saturated heterocycles. The average Bonchev–Trinajstić information content (AvgIpc) is 2.74. The predicted octanol–water partition coefficient (Wildman–Crippen LogP) is 6.87. The van der Waals surface area contributed by atoms with Crippen LogP contribution in [0.25, 0.3) is 0 Å². The smallest absolute Gasteiger partial charge is 0.350 e. The third-order valence-electron chi connectivity index (χ3n) is 6.68. The van der Waals surface area contributed by atoms with Gasteiger partial charge in [-0.3, -0.25) is 0 Å². The Morgan fingerprint density at radius 1 is 0.933 bits per heavy atom. The lowest BCUT2D eigenvalue weighted by Crippen LogP contribution is -2.46. The van der Waals surface area contributed by atoms with Gasteiger partial charge in [-0.1, -0.05) is 64.7 Å². The largest absolute Gasteiger partial charge is 0.507 e. The average molecular weight is 419 g/mol. The first-order chi connectivity index (χ1) is 14.3. The zero-order valence-corrected chi connectivity index (χ0v) is 19.9. The molecule has 1 heterocycles. The Hall–Kier alpha value is -1.71. The molecule has 0 aromatic heterocycles. The lowest BCUT2D eigenvalue weighted by Gasteiger charge is -2.35. The van der Waals surface area contributed by atoms with Crippen LogP contribution in [0.4, 0.5) is 0 Å². The van der Waals surface area contributed by atoms with E-state index in [-0.39, 0.29) is 5.97 Å². The zero-order chi connectivity index (χ0) is 22.1. The summed E-state index contributed by atoms with van der Waals surface area (Å²) in [6.45, 7) is 10.3. The van der Waals surface area contributed by atoms with Crippen LogP contribution in [-0.4, -0.2) is 23.3 Å². The molecule has 1 N–H and O–H groups in total. The van der Waals surface area contributed by atoms with Crippen LogP contribution < -0.4 is 4.74 Å². The van der Waals surface area contributed by atoms with Crippen LogP contribution in [0.15, 0.2) is 0 Å². The number of carbonyl (C=O) groups excluding carboxylic acids is 1. The summed E-state index contributed by atoms with van der Waals surface area (Å²) in [5.41, 5.74) is 2.63. The molecule has 0 unspecified atom stereocenters. The van der Waals surface area contributed by atoms with Crippen molar-refractivity contribution in [3.63, 3.8) is 0 Å². The quantitative estimate of drug-likeness (QED) is 0.297. The van der Waals surface area contributed by atoms with Crippen molar-refractivity contribution in [1.29, 1.82) is 0 Å². The topological polar surface area (TPSA) is 55.8 Å². The molecule has 1 atom stereocenters. The van der Waals surface area contributed by atoms with Gasteiger partial charge in [-0.2, -0.15) is 0 Å². The first-order valence-electron chi connectivity index (χ1n) is 12.0. The Morgan fingerprint density at radius 3 is 2.10 bits per heavy atom. The monoisotopic (exact) mass is 418 g/mol. The molecule has 30 heavy (non-hydrogen) atoms. The number of hydrogen-bond acceptors (Lipinski definition) is 4. The van der Waals surface area contributed by atoms with Crippen molar-refractivity contribution in [1.82, 2.24) is 0 Å². The highest BCUT2D eigenvalue weighted by Gasteiger charge is 2.42. The maximum absolute atomic E-state index is 12.7. The van der Waals surface area contributed by atoms with Gasteiger partial charge in [0.15, 0.2) is 0 Å². The molecular weight excluding hydrogens is 376 g/mol. The maximum atomic E-state index is 12.7. The van der Waals surface area contributed by atoms with Gasteiger partial charge in [0.2, 0.25) is 5.60 Å². The van der Waals surface area contributed by atoms with Crippen molar-refractivity contribution >= 4 is 5.97 Å². The van der Waals surface area contributed by atoms with Crippen molar-refractivity contribution in [3.05, 3.63) is 22.3 Å². The second-order valence-corrected chi connectivity index (χ2v) is 9.18. The fraction of sp³-hybridized carbons (Fsp3) is 0.731. The molecule has 170 valence electrons. The van der Waals surface area contributed by atoms with Crippen LogP contribution in [0.5, 0.6) is 11.5 Å². The Morgan fingerprint density at radius 2 is 1.50 bits per heavy atom. The molecule has 0 fully saturated rings. The number of phenolic OH excluding ortho intramolecular Hbond substituents is 1. The number of aromatic hydroxyl groups is 1. The second kappa shape index (κ2) is 11.6. The summed E-state index contributed by atoms with van der Waals surface area (Å²) >= 11 is 0. The molecule has 0 radical (unpaired) electrons. The number of phenols is 1. The molecule has 4 nitrogen and oxygen atoms in total. The molecule has 0 aliphatic carbocycles. The number of unbranched alkanes of at least 4 members (excludes halogenated alkanes) is 9. The van der Waals surface area contributed by atoms with E-state index in [1.807, 2.05) is 27.7 Å². The summed E-state index contributed by atoms with van der Waals surface area (Å²) in [6, 6.07) is 0. The Kier molecular flexibility index (Phi) is 9.51. The summed E-state index contributed by atoms with van der Waals surface area (Å²) < 4.78 is 11.8. The van der Waals surface area contributed by atoms with Gasteiger partial charge >= 0.3 is 5.97 Å². The molecule has 0 spiro atoms. The first-order valence-corrected chi connectivity index (χ1v) is 12.0. The molecule has 4 heteroatoms. The van der Waals surface area contributed by atoms with Crippen LogP contribution in [-0.2, 0) is 16.0 Å². The summed E-state index contributed by atoms with van der Waals surface area (Å²) in [5.74, 6) is 0.807.